The fourth-order valence-corrected chi connectivity index (χ4v) is 7.87. The van der Waals surface area contributed by atoms with Gasteiger partial charge in [-0.1, -0.05) is 74.2 Å². The summed E-state index contributed by atoms with van der Waals surface area (Å²) in [5, 5.41) is 1.84. The van der Waals surface area contributed by atoms with E-state index in [9.17, 15) is 0 Å². The van der Waals surface area contributed by atoms with Crippen LogP contribution in [0.3, 0.4) is 0 Å². The highest BCUT2D eigenvalue weighted by Gasteiger charge is 2.41. The van der Waals surface area contributed by atoms with Crippen LogP contribution in [0.25, 0.3) is 0 Å². The molecular weight excluding hydrogens is 208 g/mol. The summed E-state index contributed by atoms with van der Waals surface area (Å²) >= 11 is 0. The quantitative estimate of drug-likeness (QED) is 0.552. The molecule has 0 aromatic rings. The lowest BCUT2D eigenvalue weighted by Crippen LogP contribution is -2.42. The minimum atomic E-state index is -0.906. The molecule has 16 heavy (non-hydrogen) atoms. The molecule has 0 N–H and O–H groups in total. The average Bonchev–Trinajstić information content (AvgIpc) is 2.69. The third-order valence-corrected chi connectivity index (χ3v) is 10.1. The molecule has 0 saturated carbocycles. The van der Waals surface area contributed by atoms with Crippen molar-refractivity contribution in [1.29, 1.82) is 0 Å². The molecule has 0 aromatic heterocycles. The van der Waals surface area contributed by atoms with Gasteiger partial charge < -0.3 is 0 Å². The molecule has 1 heterocycles. The smallest absolute Gasteiger partial charge is 0.0812 e. The van der Waals surface area contributed by atoms with Crippen LogP contribution in [0.15, 0.2) is 22.9 Å². The molecule has 0 unspecified atom stereocenters. The molecule has 0 atom stereocenters. The third kappa shape index (κ3) is 2.34. The first-order valence-electron chi connectivity index (χ1n) is 7.21. The highest BCUT2D eigenvalue weighted by atomic mass is 28.3. The van der Waals surface area contributed by atoms with Crippen molar-refractivity contribution in [2.24, 2.45) is 0 Å². The van der Waals surface area contributed by atoms with Gasteiger partial charge >= 0.3 is 0 Å². The molecule has 0 nitrogen and oxygen atoms in total. The van der Waals surface area contributed by atoms with Crippen molar-refractivity contribution in [3.63, 3.8) is 0 Å². The first kappa shape index (κ1) is 12.2. The zero-order chi connectivity index (χ0) is 11.4. The second-order valence-electron chi connectivity index (χ2n) is 5.65. The van der Waals surface area contributed by atoms with Crippen LogP contribution >= 0.6 is 0 Å². The van der Waals surface area contributed by atoms with Crippen molar-refractivity contribution in [1.82, 2.24) is 0 Å². The second kappa shape index (κ2) is 5.35. The summed E-state index contributed by atoms with van der Waals surface area (Å²) in [6.07, 6.45) is 13.5. The lowest BCUT2D eigenvalue weighted by Gasteiger charge is -2.40. The van der Waals surface area contributed by atoms with Crippen LogP contribution in [0, 0.1) is 0 Å². The standard InChI is InChI=1S/C15H26Si/c1-3-5-7-14-8-9-15(13-14)16(10-4-2)11-6-12-16/h9,13H,3-8,10-12H2,1-2H3. The number of allylic oxidation sites excluding steroid dienone is 4. The maximum atomic E-state index is 2.61. The summed E-state index contributed by atoms with van der Waals surface area (Å²) in [6, 6.07) is 4.73. The van der Waals surface area contributed by atoms with Crippen molar-refractivity contribution in [3.05, 3.63) is 22.9 Å². The summed E-state index contributed by atoms with van der Waals surface area (Å²) in [7, 11) is -0.906. The normalized spacial score (nSPS) is 22.6. The van der Waals surface area contributed by atoms with Gasteiger partial charge in [-0.25, -0.2) is 0 Å². The maximum Gasteiger partial charge on any atom is 0.0862 e. The Morgan fingerprint density at radius 1 is 1.19 bits per heavy atom. The Kier molecular flexibility index (Phi) is 4.07. The molecule has 2 aliphatic rings. The molecule has 0 aromatic carbocycles. The minimum absolute atomic E-state index is 0.906. The first-order valence-corrected chi connectivity index (χ1v) is 9.83. The summed E-state index contributed by atoms with van der Waals surface area (Å²) < 4.78 is 0. The van der Waals surface area contributed by atoms with Gasteiger partial charge in [0.2, 0.25) is 0 Å². The molecule has 0 amide bonds. The summed E-state index contributed by atoms with van der Waals surface area (Å²) in [5.74, 6) is 0. The fourth-order valence-electron chi connectivity index (χ4n) is 3.29. The van der Waals surface area contributed by atoms with Gasteiger partial charge in [-0.05, 0) is 19.3 Å². The molecule has 1 aliphatic carbocycles. The van der Waals surface area contributed by atoms with E-state index in [0.717, 1.165) is 0 Å². The second-order valence-corrected chi connectivity index (χ2v) is 10.3. The van der Waals surface area contributed by atoms with Crippen LogP contribution in [-0.4, -0.2) is 8.07 Å². The molecule has 1 saturated heterocycles. The Morgan fingerprint density at radius 2 is 2.00 bits per heavy atom. The topological polar surface area (TPSA) is 0 Å². The van der Waals surface area contributed by atoms with Crippen molar-refractivity contribution in [2.75, 3.05) is 0 Å². The molecule has 0 radical (unpaired) electrons. The molecule has 1 fully saturated rings. The van der Waals surface area contributed by atoms with Gasteiger partial charge in [0.25, 0.3) is 0 Å². The zero-order valence-corrected chi connectivity index (χ0v) is 12.0. The van der Waals surface area contributed by atoms with E-state index in [-0.39, 0.29) is 0 Å². The summed E-state index contributed by atoms with van der Waals surface area (Å²) in [4.78, 5) is 0. The molecule has 1 aliphatic heterocycles. The van der Waals surface area contributed by atoms with Crippen molar-refractivity contribution in [2.45, 2.75) is 70.5 Å². The Labute approximate surface area is 102 Å². The van der Waals surface area contributed by atoms with Crippen molar-refractivity contribution < 1.29 is 0 Å². The monoisotopic (exact) mass is 234 g/mol. The van der Waals surface area contributed by atoms with Crippen molar-refractivity contribution >= 4 is 8.07 Å². The van der Waals surface area contributed by atoms with Crippen LogP contribution in [0.4, 0.5) is 0 Å². The van der Waals surface area contributed by atoms with Crippen LogP contribution in [-0.2, 0) is 0 Å². The molecule has 90 valence electrons. The molecule has 0 spiro atoms. The van der Waals surface area contributed by atoms with E-state index in [1.165, 1.54) is 38.5 Å². The van der Waals surface area contributed by atoms with Gasteiger partial charge in [-0.2, -0.15) is 0 Å². The van der Waals surface area contributed by atoms with E-state index in [1.54, 1.807) is 23.7 Å². The molecular formula is C15H26Si. The first-order chi connectivity index (χ1) is 7.80. The Hall–Kier alpha value is -0.303. The molecule has 2 rings (SSSR count). The van der Waals surface area contributed by atoms with Gasteiger partial charge in [0.1, 0.15) is 0 Å². The van der Waals surface area contributed by atoms with E-state index in [2.05, 4.69) is 26.0 Å². The predicted molar refractivity (Wildman–Crippen MR) is 75.4 cm³/mol. The van der Waals surface area contributed by atoms with Gasteiger partial charge in [0.05, 0.1) is 8.07 Å². The number of hydrogen-bond acceptors (Lipinski definition) is 0. The van der Waals surface area contributed by atoms with Crippen LogP contribution in [0.5, 0.6) is 0 Å². The highest BCUT2D eigenvalue weighted by molar-refractivity contribution is 6.89. The number of unbranched alkanes of at least 4 members (excludes halogenated alkanes) is 1. The van der Waals surface area contributed by atoms with Crippen LogP contribution in [0.1, 0.15) is 52.4 Å². The number of hydrogen-bond donors (Lipinski definition) is 0. The Morgan fingerprint density at radius 3 is 2.56 bits per heavy atom. The Balaban J connectivity index is 1.97. The van der Waals surface area contributed by atoms with Gasteiger partial charge in [-0.15, -0.1) is 0 Å². The van der Waals surface area contributed by atoms with E-state index < -0.39 is 8.07 Å². The van der Waals surface area contributed by atoms with Gasteiger partial charge in [-0.3, -0.25) is 0 Å². The predicted octanol–water partition coefficient (Wildman–Crippen LogP) is 5.23. The highest BCUT2D eigenvalue weighted by Crippen LogP contribution is 2.45. The van der Waals surface area contributed by atoms with Crippen molar-refractivity contribution in [3.8, 4) is 0 Å². The largest absolute Gasteiger partial charge is 0.0862 e. The summed E-state index contributed by atoms with van der Waals surface area (Å²) in [5.41, 5.74) is 1.73. The number of rotatable bonds is 6. The van der Waals surface area contributed by atoms with E-state index in [4.69, 9.17) is 0 Å². The Bertz CT molecular complexity index is 295. The lowest BCUT2D eigenvalue weighted by atomic mass is 10.1. The van der Waals surface area contributed by atoms with E-state index in [0.29, 0.717) is 0 Å². The maximum absolute atomic E-state index is 2.61. The van der Waals surface area contributed by atoms with Crippen LogP contribution in [0.2, 0.25) is 18.1 Å². The SMILES string of the molecule is CCCCC1=CC([Si]2(CCC)CCC2)=CC1. The summed E-state index contributed by atoms with van der Waals surface area (Å²) in [6.45, 7) is 4.66. The molecule has 0 bridgehead atoms. The van der Waals surface area contributed by atoms with Crippen LogP contribution < -0.4 is 0 Å². The fraction of sp³-hybridized carbons (Fsp3) is 0.733. The zero-order valence-electron chi connectivity index (χ0n) is 11.0. The van der Waals surface area contributed by atoms with Gasteiger partial charge in [0.15, 0.2) is 0 Å². The molecule has 1 heteroatoms. The van der Waals surface area contributed by atoms with Gasteiger partial charge in [0, 0.05) is 0 Å². The van der Waals surface area contributed by atoms with E-state index >= 15 is 0 Å². The third-order valence-electron chi connectivity index (χ3n) is 4.45. The minimum Gasteiger partial charge on any atom is -0.0812 e. The van der Waals surface area contributed by atoms with E-state index in [1.807, 2.05) is 5.20 Å². The average molecular weight is 234 g/mol. The lowest BCUT2D eigenvalue weighted by molar-refractivity contribution is 0.779.